The van der Waals surface area contributed by atoms with E-state index in [-0.39, 0.29) is 18.8 Å². The summed E-state index contributed by atoms with van der Waals surface area (Å²) in [5.41, 5.74) is 0. The zero-order valence-corrected chi connectivity index (χ0v) is 9.11. The first-order chi connectivity index (χ1) is 6.60. The Hall–Kier alpha value is -0.810. The fourth-order valence-electron chi connectivity index (χ4n) is 0.720. The Bertz CT molecular complexity index is 159. The molecular formula is C9H18O5. The molecule has 0 N–H and O–H groups in total. The van der Waals surface area contributed by atoms with Crippen molar-refractivity contribution in [2.24, 2.45) is 0 Å². The van der Waals surface area contributed by atoms with Gasteiger partial charge in [-0.1, -0.05) is 0 Å². The Kier molecular flexibility index (Phi) is 7.14. The molecule has 0 rings (SSSR count). The van der Waals surface area contributed by atoms with Crippen LogP contribution in [-0.4, -0.2) is 45.8 Å². The Morgan fingerprint density at radius 2 is 1.79 bits per heavy atom. The Morgan fingerprint density at radius 1 is 1.14 bits per heavy atom. The van der Waals surface area contributed by atoms with Gasteiger partial charge in [-0.05, 0) is 13.8 Å². The van der Waals surface area contributed by atoms with Gasteiger partial charge in [-0.3, -0.25) is 0 Å². The fraction of sp³-hybridized carbons (Fsp3) is 0.889. The first-order valence-electron chi connectivity index (χ1n) is 4.45. The molecule has 84 valence electrons. The maximum absolute atomic E-state index is 11.0. The van der Waals surface area contributed by atoms with E-state index in [0.717, 1.165) is 0 Å². The quantitative estimate of drug-likeness (QED) is 0.611. The average Bonchev–Trinajstić information content (AvgIpc) is 2.14. The Morgan fingerprint density at radius 3 is 2.29 bits per heavy atom. The smallest absolute Gasteiger partial charge is 0.432 e. The molecule has 5 nitrogen and oxygen atoms in total. The van der Waals surface area contributed by atoms with Gasteiger partial charge in [-0.2, -0.15) is 0 Å². The Labute approximate surface area is 84.3 Å². The van der Waals surface area contributed by atoms with Crippen LogP contribution in [0.5, 0.6) is 0 Å². The molecule has 0 aliphatic rings. The van der Waals surface area contributed by atoms with Gasteiger partial charge in [0, 0.05) is 14.2 Å². The minimum Gasteiger partial charge on any atom is -0.432 e. The van der Waals surface area contributed by atoms with Gasteiger partial charge < -0.3 is 18.9 Å². The molecular weight excluding hydrogens is 188 g/mol. The minimum atomic E-state index is -0.696. The predicted molar refractivity (Wildman–Crippen MR) is 50.2 cm³/mol. The summed E-state index contributed by atoms with van der Waals surface area (Å²) < 4.78 is 19.3. The molecule has 0 fully saturated rings. The summed E-state index contributed by atoms with van der Waals surface area (Å²) in [7, 11) is 3.09. The van der Waals surface area contributed by atoms with Gasteiger partial charge >= 0.3 is 6.16 Å². The van der Waals surface area contributed by atoms with E-state index in [0.29, 0.717) is 6.61 Å². The van der Waals surface area contributed by atoms with Crippen molar-refractivity contribution in [2.45, 2.75) is 26.1 Å². The van der Waals surface area contributed by atoms with Crippen molar-refractivity contribution < 1.29 is 23.7 Å². The largest absolute Gasteiger partial charge is 0.508 e. The van der Waals surface area contributed by atoms with E-state index in [2.05, 4.69) is 0 Å². The van der Waals surface area contributed by atoms with E-state index in [1.807, 2.05) is 0 Å². The van der Waals surface area contributed by atoms with E-state index in [1.165, 1.54) is 7.11 Å². The fourth-order valence-corrected chi connectivity index (χ4v) is 0.720. The molecule has 0 aliphatic heterocycles. The van der Waals surface area contributed by atoms with Crippen LogP contribution in [0.25, 0.3) is 0 Å². The predicted octanol–water partition coefficient (Wildman–Crippen LogP) is 1.21. The van der Waals surface area contributed by atoms with Crippen LogP contribution in [-0.2, 0) is 18.9 Å². The van der Waals surface area contributed by atoms with Gasteiger partial charge in [0.15, 0.2) is 0 Å². The molecule has 0 amide bonds. The van der Waals surface area contributed by atoms with Crippen molar-refractivity contribution in [3.63, 3.8) is 0 Å². The first kappa shape index (κ1) is 13.2. The molecule has 14 heavy (non-hydrogen) atoms. The normalized spacial score (nSPS) is 14.6. The second-order valence-electron chi connectivity index (χ2n) is 2.99. The highest BCUT2D eigenvalue weighted by Gasteiger charge is 2.11. The highest BCUT2D eigenvalue weighted by Crippen LogP contribution is 1.97. The SMILES string of the molecule is COCC(C)OC(=O)OCC(C)OC. The van der Waals surface area contributed by atoms with Crippen molar-refractivity contribution in [3.8, 4) is 0 Å². The summed E-state index contributed by atoms with van der Waals surface area (Å²) in [5, 5.41) is 0. The van der Waals surface area contributed by atoms with E-state index < -0.39 is 6.16 Å². The van der Waals surface area contributed by atoms with Gasteiger partial charge in [0.2, 0.25) is 0 Å². The lowest BCUT2D eigenvalue weighted by molar-refractivity contribution is -0.0204. The molecule has 0 heterocycles. The lowest BCUT2D eigenvalue weighted by atomic mass is 10.4. The molecule has 0 bridgehead atoms. The molecule has 0 saturated carbocycles. The summed E-state index contributed by atoms with van der Waals surface area (Å²) in [6.07, 6.45) is -1.12. The van der Waals surface area contributed by atoms with Gasteiger partial charge in [0.25, 0.3) is 0 Å². The number of hydrogen-bond acceptors (Lipinski definition) is 5. The maximum Gasteiger partial charge on any atom is 0.508 e. The van der Waals surface area contributed by atoms with Crippen LogP contribution in [0.3, 0.4) is 0 Å². The molecule has 2 unspecified atom stereocenters. The zero-order chi connectivity index (χ0) is 11.0. The van der Waals surface area contributed by atoms with Crippen molar-refractivity contribution in [1.82, 2.24) is 0 Å². The number of ether oxygens (including phenoxy) is 4. The molecule has 0 aromatic rings. The number of carbonyl (C=O) groups excluding carboxylic acids is 1. The van der Waals surface area contributed by atoms with E-state index in [1.54, 1.807) is 21.0 Å². The standard InChI is InChI=1S/C9H18O5/c1-7(12-4)6-13-9(10)14-8(2)5-11-3/h7-8H,5-6H2,1-4H3. The average molecular weight is 206 g/mol. The second kappa shape index (κ2) is 7.58. The highest BCUT2D eigenvalue weighted by atomic mass is 16.7. The van der Waals surface area contributed by atoms with Crippen LogP contribution in [0.1, 0.15) is 13.8 Å². The van der Waals surface area contributed by atoms with Crippen LogP contribution in [0.15, 0.2) is 0 Å². The highest BCUT2D eigenvalue weighted by molar-refractivity contribution is 5.60. The molecule has 0 saturated heterocycles. The number of carbonyl (C=O) groups is 1. The van der Waals surface area contributed by atoms with Crippen LogP contribution < -0.4 is 0 Å². The van der Waals surface area contributed by atoms with Crippen LogP contribution in [0.2, 0.25) is 0 Å². The Balaban J connectivity index is 3.54. The van der Waals surface area contributed by atoms with Crippen LogP contribution >= 0.6 is 0 Å². The summed E-state index contributed by atoms with van der Waals surface area (Å²) >= 11 is 0. The zero-order valence-electron chi connectivity index (χ0n) is 9.11. The van der Waals surface area contributed by atoms with Crippen molar-refractivity contribution >= 4 is 6.16 Å². The maximum atomic E-state index is 11.0. The van der Waals surface area contributed by atoms with Crippen molar-refractivity contribution in [2.75, 3.05) is 27.4 Å². The summed E-state index contributed by atoms with van der Waals surface area (Å²) in [4.78, 5) is 11.0. The van der Waals surface area contributed by atoms with Gasteiger partial charge in [0.1, 0.15) is 12.7 Å². The lowest BCUT2D eigenvalue weighted by Gasteiger charge is -2.13. The number of methoxy groups -OCH3 is 2. The molecule has 0 radical (unpaired) electrons. The van der Waals surface area contributed by atoms with Crippen LogP contribution in [0.4, 0.5) is 4.79 Å². The van der Waals surface area contributed by atoms with Crippen LogP contribution in [0, 0.1) is 0 Å². The number of rotatable bonds is 6. The monoisotopic (exact) mass is 206 g/mol. The van der Waals surface area contributed by atoms with E-state index >= 15 is 0 Å². The lowest BCUT2D eigenvalue weighted by Crippen LogP contribution is -2.23. The van der Waals surface area contributed by atoms with Gasteiger partial charge in [-0.25, -0.2) is 4.79 Å². The molecule has 0 aromatic carbocycles. The van der Waals surface area contributed by atoms with Gasteiger partial charge in [0.05, 0.1) is 12.7 Å². The van der Waals surface area contributed by atoms with Gasteiger partial charge in [-0.15, -0.1) is 0 Å². The van der Waals surface area contributed by atoms with E-state index in [4.69, 9.17) is 18.9 Å². The molecule has 0 aliphatic carbocycles. The third-order valence-corrected chi connectivity index (χ3v) is 1.54. The second-order valence-corrected chi connectivity index (χ2v) is 2.99. The third-order valence-electron chi connectivity index (χ3n) is 1.54. The molecule has 0 spiro atoms. The van der Waals surface area contributed by atoms with Crippen molar-refractivity contribution in [1.29, 1.82) is 0 Å². The molecule has 5 heteroatoms. The third kappa shape index (κ3) is 6.68. The molecule has 0 aromatic heterocycles. The minimum absolute atomic E-state index is 0.125. The summed E-state index contributed by atoms with van der Waals surface area (Å²) in [6.45, 7) is 4.07. The number of hydrogen-bond donors (Lipinski definition) is 0. The summed E-state index contributed by atoms with van der Waals surface area (Å²) in [5.74, 6) is 0. The first-order valence-corrected chi connectivity index (χ1v) is 4.45. The van der Waals surface area contributed by atoms with E-state index in [9.17, 15) is 4.79 Å². The summed E-state index contributed by atoms with van der Waals surface area (Å²) in [6, 6.07) is 0. The van der Waals surface area contributed by atoms with Crippen molar-refractivity contribution in [3.05, 3.63) is 0 Å². The topological polar surface area (TPSA) is 54.0 Å². The molecule has 2 atom stereocenters.